The molecule has 0 spiro atoms. The Bertz CT molecular complexity index is 702. The molecule has 20 heavy (non-hydrogen) atoms. The number of rotatable bonds is 3. The van der Waals surface area contributed by atoms with Gasteiger partial charge in [-0.05, 0) is 18.1 Å². The van der Waals surface area contributed by atoms with Gasteiger partial charge < -0.3 is 4.42 Å². The molecule has 0 radical (unpaired) electrons. The maximum Gasteiger partial charge on any atom is 0.255 e. The molecule has 0 unspecified atom stereocenters. The highest BCUT2D eigenvalue weighted by molar-refractivity contribution is 7.15. The molecule has 2 heterocycles. The van der Waals surface area contributed by atoms with Gasteiger partial charge in [0, 0.05) is 15.5 Å². The number of aromatic nitrogens is 2. The molecule has 0 bridgehead atoms. The first-order valence-corrected chi connectivity index (χ1v) is 7.51. The van der Waals surface area contributed by atoms with E-state index in [9.17, 15) is 0 Å². The van der Waals surface area contributed by atoms with Crippen molar-refractivity contribution in [2.24, 2.45) is 0 Å². The van der Waals surface area contributed by atoms with Crippen LogP contribution < -0.4 is 0 Å². The summed E-state index contributed by atoms with van der Waals surface area (Å²) in [5.74, 6) is 0.957. The number of halogens is 1. The normalized spacial score (nSPS) is 11.2. The molecule has 1 aromatic carbocycles. The van der Waals surface area contributed by atoms with Crippen LogP contribution in [0.25, 0.3) is 22.2 Å². The lowest BCUT2D eigenvalue weighted by atomic mass is 10.1. The molecule has 0 saturated heterocycles. The summed E-state index contributed by atoms with van der Waals surface area (Å²) in [6.07, 6.45) is 3.20. The van der Waals surface area contributed by atoms with Gasteiger partial charge in [0.15, 0.2) is 5.01 Å². The van der Waals surface area contributed by atoms with Gasteiger partial charge >= 0.3 is 0 Å². The van der Waals surface area contributed by atoms with E-state index in [4.69, 9.17) is 21.0 Å². The van der Waals surface area contributed by atoms with Crippen LogP contribution in [0.15, 0.2) is 41.1 Å². The first-order chi connectivity index (χ1) is 9.65. The zero-order chi connectivity index (χ0) is 14.1. The van der Waals surface area contributed by atoms with Gasteiger partial charge in [-0.15, -0.1) is 11.3 Å². The van der Waals surface area contributed by atoms with Crippen molar-refractivity contribution in [2.45, 2.75) is 19.8 Å². The van der Waals surface area contributed by atoms with E-state index >= 15 is 0 Å². The van der Waals surface area contributed by atoms with Crippen LogP contribution in [0.3, 0.4) is 0 Å². The number of benzene rings is 1. The summed E-state index contributed by atoms with van der Waals surface area (Å²) in [5, 5.41) is 1.53. The van der Waals surface area contributed by atoms with E-state index in [0.717, 1.165) is 21.3 Å². The molecule has 0 fully saturated rings. The fourth-order valence-electron chi connectivity index (χ4n) is 1.96. The topological polar surface area (TPSA) is 38.9 Å². The van der Waals surface area contributed by atoms with Crippen molar-refractivity contribution in [3.63, 3.8) is 0 Å². The smallest absolute Gasteiger partial charge is 0.255 e. The maximum atomic E-state index is 5.95. The van der Waals surface area contributed by atoms with E-state index in [1.54, 1.807) is 23.8 Å². The molecule has 3 rings (SSSR count). The summed E-state index contributed by atoms with van der Waals surface area (Å²) in [7, 11) is 0. The van der Waals surface area contributed by atoms with Crippen LogP contribution in [0.4, 0.5) is 0 Å². The maximum absolute atomic E-state index is 5.95. The molecule has 3 aromatic rings. The fourth-order valence-corrected chi connectivity index (χ4v) is 3.11. The van der Waals surface area contributed by atoms with E-state index in [1.165, 1.54) is 4.88 Å². The summed E-state index contributed by atoms with van der Waals surface area (Å²) in [6, 6.07) is 7.74. The minimum atomic E-state index is 0.391. The summed E-state index contributed by atoms with van der Waals surface area (Å²) in [5.41, 5.74) is 2.04. The predicted molar refractivity (Wildman–Crippen MR) is 82.1 cm³/mol. The number of hydrogen-bond acceptors (Lipinski definition) is 4. The Morgan fingerprint density at radius 1 is 1.20 bits per heavy atom. The molecule has 0 saturated carbocycles. The van der Waals surface area contributed by atoms with Crippen LogP contribution in [0.2, 0.25) is 5.02 Å². The molecule has 0 amide bonds. The highest BCUT2D eigenvalue weighted by Gasteiger charge is 2.18. The SMILES string of the molecule is CC(C)c1sc(-c2ncco2)nc1-c1ccc(Cl)cc1. The first kappa shape index (κ1) is 13.3. The van der Waals surface area contributed by atoms with E-state index < -0.39 is 0 Å². The quantitative estimate of drug-likeness (QED) is 0.664. The van der Waals surface area contributed by atoms with Gasteiger partial charge in [0.1, 0.15) is 6.26 Å². The standard InChI is InChI=1S/C15H13ClN2OS/c1-9(2)13-12(10-3-5-11(16)6-4-10)18-15(20-13)14-17-7-8-19-14/h3-9H,1-2H3. The largest absolute Gasteiger partial charge is 0.443 e. The minimum Gasteiger partial charge on any atom is -0.443 e. The van der Waals surface area contributed by atoms with Gasteiger partial charge in [-0.25, -0.2) is 9.97 Å². The van der Waals surface area contributed by atoms with E-state index in [-0.39, 0.29) is 0 Å². The molecule has 3 nitrogen and oxygen atoms in total. The van der Waals surface area contributed by atoms with Crippen molar-refractivity contribution in [1.82, 2.24) is 9.97 Å². The van der Waals surface area contributed by atoms with Gasteiger partial charge in [0.05, 0.1) is 11.9 Å². The number of oxazole rings is 1. The second-order valence-electron chi connectivity index (χ2n) is 4.73. The van der Waals surface area contributed by atoms with Gasteiger partial charge in [0.2, 0.25) is 0 Å². The predicted octanol–water partition coefficient (Wildman–Crippen LogP) is 5.24. The average Bonchev–Trinajstić information content (AvgIpc) is 3.08. The minimum absolute atomic E-state index is 0.391. The van der Waals surface area contributed by atoms with Crippen molar-refractivity contribution in [3.8, 4) is 22.2 Å². The first-order valence-electron chi connectivity index (χ1n) is 6.31. The number of hydrogen-bond donors (Lipinski definition) is 0. The zero-order valence-corrected chi connectivity index (χ0v) is 12.7. The van der Waals surface area contributed by atoms with Gasteiger partial charge in [-0.3, -0.25) is 0 Å². The molecule has 5 heteroatoms. The molecule has 0 N–H and O–H groups in total. The molecule has 2 aromatic heterocycles. The van der Waals surface area contributed by atoms with Crippen molar-refractivity contribution in [3.05, 3.63) is 46.6 Å². The summed E-state index contributed by atoms with van der Waals surface area (Å²) in [4.78, 5) is 10.1. The molecular weight excluding hydrogens is 292 g/mol. The molecule has 102 valence electrons. The zero-order valence-electron chi connectivity index (χ0n) is 11.1. The third-order valence-electron chi connectivity index (χ3n) is 2.91. The monoisotopic (exact) mass is 304 g/mol. The Morgan fingerprint density at radius 2 is 1.95 bits per heavy atom. The second-order valence-corrected chi connectivity index (χ2v) is 6.20. The van der Waals surface area contributed by atoms with Crippen LogP contribution in [-0.4, -0.2) is 9.97 Å². The Hall–Kier alpha value is -1.65. The van der Waals surface area contributed by atoms with Crippen molar-refractivity contribution in [2.75, 3.05) is 0 Å². The lowest BCUT2D eigenvalue weighted by Crippen LogP contribution is -1.87. The van der Waals surface area contributed by atoms with Crippen LogP contribution >= 0.6 is 22.9 Å². The molecule has 0 atom stereocenters. The lowest BCUT2D eigenvalue weighted by Gasteiger charge is -2.05. The van der Waals surface area contributed by atoms with Crippen LogP contribution in [-0.2, 0) is 0 Å². The lowest BCUT2D eigenvalue weighted by molar-refractivity contribution is 0.574. The summed E-state index contributed by atoms with van der Waals surface area (Å²) < 4.78 is 5.34. The molecule has 0 aliphatic rings. The van der Waals surface area contributed by atoms with Crippen LogP contribution in [0.5, 0.6) is 0 Å². The van der Waals surface area contributed by atoms with Crippen molar-refractivity contribution in [1.29, 1.82) is 0 Å². The highest BCUT2D eigenvalue weighted by atomic mass is 35.5. The third-order valence-corrected chi connectivity index (χ3v) is 4.51. The Kier molecular flexibility index (Phi) is 3.59. The van der Waals surface area contributed by atoms with Gasteiger partial charge in [0.25, 0.3) is 5.89 Å². The van der Waals surface area contributed by atoms with E-state index in [0.29, 0.717) is 11.8 Å². The Morgan fingerprint density at radius 3 is 2.55 bits per heavy atom. The molecular formula is C15H13ClN2OS. The third kappa shape index (κ3) is 2.49. The van der Waals surface area contributed by atoms with Gasteiger partial charge in [-0.1, -0.05) is 37.6 Å². The van der Waals surface area contributed by atoms with E-state index in [1.807, 2.05) is 24.3 Å². The number of nitrogens with zero attached hydrogens (tertiary/aromatic N) is 2. The van der Waals surface area contributed by atoms with E-state index in [2.05, 4.69) is 18.8 Å². The Balaban J connectivity index is 2.11. The Labute approximate surface area is 126 Å². The fraction of sp³-hybridized carbons (Fsp3) is 0.200. The second kappa shape index (κ2) is 5.38. The van der Waals surface area contributed by atoms with Gasteiger partial charge in [-0.2, -0.15) is 0 Å². The number of thiazole rings is 1. The summed E-state index contributed by atoms with van der Waals surface area (Å²) in [6.45, 7) is 4.32. The molecule has 0 aliphatic carbocycles. The average molecular weight is 305 g/mol. The van der Waals surface area contributed by atoms with Crippen LogP contribution in [0.1, 0.15) is 24.6 Å². The van der Waals surface area contributed by atoms with Crippen molar-refractivity contribution >= 4 is 22.9 Å². The van der Waals surface area contributed by atoms with Crippen molar-refractivity contribution < 1.29 is 4.42 Å². The summed E-state index contributed by atoms with van der Waals surface area (Å²) >= 11 is 7.57. The molecule has 0 aliphatic heterocycles. The highest BCUT2D eigenvalue weighted by Crippen LogP contribution is 2.37. The van der Waals surface area contributed by atoms with Crippen LogP contribution in [0, 0.1) is 0 Å².